The summed E-state index contributed by atoms with van der Waals surface area (Å²) in [5.74, 6) is -0.228. The molecule has 0 spiro atoms. The fraction of sp³-hybridized carbons (Fsp3) is 0.682. The Kier molecular flexibility index (Phi) is 5.78. The molecule has 1 atom stereocenters. The lowest BCUT2D eigenvalue weighted by Gasteiger charge is -2.73. The SMILES string of the molecule is O=C(COc1ccc(C(F)(F)F)cc1)NC12CC(N3CCN(C4CC(OC(F)(F)F)C4)C3O)(C1)C2. The van der Waals surface area contributed by atoms with E-state index in [0.717, 1.165) is 24.3 Å². The van der Waals surface area contributed by atoms with Crippen LogP contribution in [0.4, 0.5) is 26.3 Å². The number of rotatable bonds is 7. The molecule has 1 heterocycles. The number of carbonyl (C=O) groups is 1. The molecule has 1 amide bonds. The molecule has 5 fully saturated rings. The number of carbonyl (C=O) groups excluding carboxylic acids is 1. The van der Waals surface area contributed by atoms with Gasteiger partial charge < -0.3 is 15.2 Å². The Bertz CT molecular complexity index is 944. The van der Waals surface area contributed by atoms with Crippen molar-refractivity contribution in [2.45, 2.75) is 74.2 Å². The second-order valence-corrected chi connectivity index (χ2v) is 9.98. The summed E-state index contributed by atoms with van der Waals surface area (Å²) in [4.78, 5) is 16.1. The number of nitrogens with zero attached hydrogens (tertiary/aromatic N) is 2. The predicted molar refractivity (Wildman–Crippen MR) is 108 cm³/mol. The van der Waals surface area contributed by atoms with Crippen molar-refractivity contribution in [1.82, 2.24) is 15.1 Å². The van der Waals surface area contributed by atoms with E-state index in [-0.39, 0.29) is 42.7 Å². The average molecular weight is 509 g/mol. The molecule has 35 heavy (non-hydrogen) atoms. The lowest BCUT2D eigenvalue weighted by Crippen LogP contribution is -2.84. The lowest BCUT2D eigenvalue weighted by molar-refractivity contribution is -0.355. The van der Waals surface area contributed by atoms with Gasteiger partial charge in [0.25, 0.3) is 5.91 Å². The second-order valence-electron chi connectivity index (χ2n) is 9.98. The maximum Gasteiger partial charge on any atom is 0.522 e. The van der Waals surface area contributed by atoms with Gasteiger partial charge in [-0.3, -0.25) is 19.3 Å². The van der Waals surface area contributed by atoms with Crippen molar-refractivity contribution in [2.24, 2.45) is 0 Å². The molecule has 1 aromatic rings. The van der Waals surface area contributed by atoms with Gasteiger partial charge >= 0.3 is 12.5 Å². The first kappa shape index (κ1) is 24.6. The van der Waals surface area contributed by atoms with E-state index < -0.39 is 36.1 Å². The summed E-state index contributed by atoms with van der Waals surface area (Å²) < 4.78 is 84.2. The van der Waals surface area contributed by atoms with Crippen LogP contribution in [-0.2, 0) is 15.7 Å². The van der Waals surface area contributed by atoms with E-state index in [1.807, 2.05) is 4.90 Å². The van der Waals surface area contributed by atoms with E-state index in [0.29, 0.717) is 32.4 Å². The van der Waals surface area contributed by atoms with Crippen LogP contribution in [0, 0.1) is 0 Å². The van der Waals surface area contributed by atoms with Gasteiger partial charge in [-0.25, -0.2) is 0 Å². The monoisotopic (exact) mass is 509 g/mol. The maximum absolute atomic E-state index is 12.6. The van der Waals surface area contributed by atoms with Crippen molar-refractivity contribution in [3.63, 3.8) is 0 Å². The highest BCUT2D eigenvalue weighted by Gasteiger charge is 2.72. The Hall–Kier alpha value is -2.09. The van der Waals surface area contributed by atoms with Crippen LogP contribution in [0.1, 0.15) is 37.7 Å². The zero-order chi connectivity index (χ0) is 25.2. The van der Waals surface area contributed by atoms with Gasteiger partial charge in [0.05, 0.1) is 11.7 Å². The molecule has 5 aliphatic rings. The quantitative estimate of drug-likeness (QED) is 0.551. The summed E-state index contributed by atoms with van der Waals surface area (Å²) in [6, 6.07) is 3.93. The molecular formula is C22H25F6N3O4. The molecule has 6 rings (SSSR count). The van der Waals surface area contributed by atoms with Crippen molar-refractivity contribution in [1.29, 1.82) is 0 Å². The topological polar surface area (TPSA) is 74.3 Å². The van der Waals surface area contributed by atoms with E-state index in [2.05, 4.69) is 10.1 Å². The van der Waals surface area contributed by atoms with Gasteiger partial charge in [-0.05, 0) is 56.4 Å². The standard InChI is InChI=1S/C22H25F6N3O4/c23-21(24,25)13-1-3-15(4-2-13)34-9-17(32)29-19-10-20(11-19,12-19)31-6-5-30(18(31)33)14-7-16(8-14)35-22(26,27)28/h1-4,14,16,18,33H,5-12H2,(H,29,32). The van der Waals surface area contributed by atoms with E-state index in [1.54, 1.807) is 4.90 Å². The van der Waals surface area contributed by atoms with Gasteiger partial charge in [-0.15, -0.1) is 13.2 Å². The molecule has 4 saturated carbocycles. The number of halogens is 6. The molecule has 4 aliphatic carbocycles. The first-order chi connectivity index (χ1) is 16.3. The van der Waals surface area contributed by atoms with Crippen LogP contribution in [0.3, 0.4) is 0 Å². The minimum atomic E-state index is -4.65. The first-order valence-electron chi connectivity index (χ1n) is 11.3. The van der Waals surface area contributed by atoms with Crippen molar-refractivity contribution in [3.05, 3.63) is 29.8 Å². The Morgan fingerprint density at radius 1 is 1.06 bits per heavy atom. The number of benzene rings is 1. The molecule has 0 aromatic heterocycles. The Morgan fingerprint density at radius 2 is 1.69 bits per heavy atom. The number of amides is 1. The summed E-state index contributed by atoms with van der Waals surface area (Å²) in [6.45, 7) is 0.805. The fourth-order valence-electron chi connectivity index (χ4n) is 5.97. The van der Waals surface area contributed by atoms with Crippen molar-refractivity contribution in [2.75, 3.05) is 19.7 Å². The highest BCUT2D eigenvalue weighted by Crippen LogP contribution is 2.64. The Morgan fingerprint density at radius 3 is 2.26 bits per heavy atom. The first-order valence-corrected chi connectivity index (χ1v) is 11.3. The van der Waals surface area contributed by atoms with Crippen LogP contribution >= 0.6 is 0 Å². The third-order valence-corrected chi connectivity index (χ3v) is 7.58. The third-order valence-electron chi connectivity index (χ3n) is 7.58. The number of aliphatic hydroxyl groups excluding tert-OH is 1. The van der Waals surface area contributed by atoms with Gasteiger partial charge in [0.1, 0.15) is 5.75 Å². The van der Waals surface area contributed by atoms with Crippen LogP contribution in [0.15, 0.2) is 24.3 Å². The largest absolute Gasteiger partial charge is 0.522 e. The van der Waals surface area contributed by atoms with Crippen LogP contribution in [0.25, 0.3) is 0 Å². The van der Waals surface area contributed by atoms with Crippen LogP contribution < -0.4 is 10.1 Å². The number of aliphatic hydroxyl groups is 1. The molecule has 1 unspecified atom stereocenters. The molecule has 194 valence electrons. The molecule has 13 heteroatoms. The lowest BCUT2D eigenvalue weighted by atomic mass is 9.43. The molecule has 1 aliphatic heterocycles. The zero-order valence-corrected chi connectivity index (χ0v) is 18.5. The normalized spacial score (nSPS) is 35.1. The Labute approximate surface area is 196 Å². The molecular weight excluding hydrogens is 484 g/mol. The zero-order valence-electron chi connectivity index (χ0n) is 18.5. The van der Waals surface area contributed by atoms with E-state index in [1.165, 1.54) is 0 Å². The number of hydrogen-bond acceptors (Lipinski definition) is 6. The number of nitrogens with one attached hydrogen (secondary N) is 1. The van der Waals surface area contributed by atoms with Gasteiger partial charge in [-0.2, -0.15) is 13.2 Å². The van der Waals surface area contributed by atoms with Gasteiger partial charge in [-0.1, -0.05) is 0 Å². The fourth-order valence-corrected chi connectivity index (χ4v) is 5.97. The van der Waals surface area contributed by atoms with E-state index in [9.17, 15) is 36.2 Å². The van der Waals surface area contributed by atoms with Gasteiger partial charge in [0.2, 0.25) is 0 Å². The van der Waals surface area contributed by atoms with Crippen molar-refractivity contribution in [3.8, 4) is 5.75 Å². The second kappa shape index (κ2) is 8.22. The van der Waals surface area contributed by atoms with E-state index in [4.69, 9.17) is 4.74 Å². The molecule has 2 N–H and O–H groups in total. The van der Waals surface area contributed by atoms with Gasteiger partial charge in [0, 0.05) is 30.2 Å². The molecule has 1 saturated heterocycles. The molecule has 2 bridgehead atoms. The highest BCUT2D eigenvalue weighted by atomic mass is 19.4. The molecule has 0 radical (unpaired) electrons. The maximum atomic E-state index is 12.6. The van der Waals surface area contributed by atoms with Crippen LogP contribution in [0.2, 0.25) is 0 Å². The highest BCUT2D eigenvalue weighted by molar-refractivity contribution is 5.79. The van der Waals surface area contributed by atoms with Crippen molar-refractivity contribution >= 4 is 5.91 Å². The minimum absolute atomic E-state index is 0.154. The number of ether oxygens (including phenoxy) is 2. The third kappa shape index (κ3) is 4.70. The summed E-state index contributed by atoms with van der Waals surface area (Å²) in [5.41, 5.74) is -1.44. The molecule has 1 aromatic carbocycles. The summed E-state index contributed by atoms with van der Waals surface area (Å²) in [6.07, 6.45) is -8.50. The Balaban J connectivity index is 1.05. The van der Waals surface area contributed by atoms with Crippen LogP contribution in [-0.4, -0.2) is 76.4 Å². The number of alkyl halides is 6. The van der Waals surface area contributed by atoms with Crippen LogP contribution in [0.5, 0.6) is 5.75 Å². The minimum Gasteiger partial charge on any atom is -0.484 e. The van der Waals surface area contributed by atoms with Gasteiger partial charge in [0.15, 0.2) is 13.0 Å². The summed E-state index contributed by atoms with van der Waals surface area (Å²) in [5, 5.41) is 13.7. The predicted octanol–water partition coefficient (Wildman–Crippen LogP) is 2.84. The van der Waals surface area contributed by atoms with Crippen molar-refractivity contribution < 1.29 is 45.7 Å². The molecule has 7 nitrogen and oxygen atoms in total. The van der Waals surface area contributed by atoms with E-state index >= 15 is 0 Å². The summed E-state index contributed by atoms with van der Waals surface area (Å²) >= 11 is 0. The summed E-state index contributed by atoms with van der Waals surface area (Å²) in [7, 11) is 0. The smallest absolute Gasteiger partial charge is 0.484 e. The average Bonchev–Trinajstić information content (AvgIpc) is 3.04. The number of hydrogen-bond donors (Lipinski definition) is 2.